The molecule has 2 aromatic carbocycles. The summed E-state index contributed by atoms with van der Waals surface area (Å²) in [5.41, 5.74) is 4.35. The van der Waals surface area contributed by atoms with Crippen molar-refractivity contribution in [3.05, 3.63) is 70.3 Å². The molecular formula is C19H16BrN5OS. The van der Waals surface area contributed by atoms with Crippen molar-refractivity contribution in [2.75, 3.05) is 0 Å². The summed E-state index contributed by atoms with van der Waals surface area (Å²) in [6.07, 6.45) is 1.72. The number of aromatic nitrogens is 5. The van der Waals surface area contributed by atoms with E-state index < -0.39 is 0 Å². The van der Waals surface area contributed by atoms with Crippen LogP contribution in [-0.4, -0.2) is 25.0 Å². The molecule has 0 bridgehead atoms. The third-order valence-electron chi connectivity index (χ3n) is 4.01. The molecule has 0 radical (unpaired) electrons. The van der Waals surface area contributed by atoms with Gasteiger partial charge in [-0.25, -0.2) is 0 Å². The first kappa shape index (κ1) is 17.9. The van der Waals surface area contributed by atoms with E-state index in [2.05, 4.69) is 68.4 Å². The smallest absolute Gasteiger partial charge is 0.247 e. The van der Waals surface area contributed by atoms with Gasteiger partial charge in [0.25, 0.3) is 0 Å². The first-order valence-corrected chi connectivity index (χ1v) is 10.1. The van der Waals surface area contributed by atoms with Crippen LogP contribution in [0.2, 0.25) is 0 Å². The van der Waals surface area contributed by atoms with E-state index in [9.17, 15) is 0 Å². The van der Waals surface area contributed by atoms with Crippen LogP contribution in [0.3, 0.4) is 0 Å². The van der Waals surface area contributed by atoms with Gasteiger partial charge in [-0.05, 0) is 49.7 Å². The molecule has 0 aliphatic carbocycles. The summed E-state index contributed by atoms with van der Waals surface area (Å²) in [6, 6.07) is 14.1. The van der Waals surface area contributed by atoms with Crippen LogP contribution in [0, 0.1) is 13.8 Å². The Labute approximate surface area is 169 Å². The van der Waals surface area contributed by atoms with Crippen molar-refractivity contribution in [2.45, 2.75) is 24.8 Å². The third-order valence-corrected chi connectivity index (χ3v) is 5.47. The minimum Gasteiger partial charge on any atom is -0.420 e. The molecule has 0 fully saturated rings. The van der Waals surface area contributed by atoms with E-state index in [1.807, 2.05) is 28.8 Å². The molecule has 8 heteroatoms. The van der Waals surface area contributed by atoms with Crippen LogP contribution in [0.25, 0.3) is 17.1 Å². The summed E-state index contributed by atoms with van der Waals surface area (Å²) < 4.78 is 8.76. The molecular weight excluding hydrogens is 426 g/mol. The predicted octanol–water partition coefficient (Wildman–Crippen LogP) is 4.99. The van der Waals surface area contributed by atoms with Gasteiger partial charge >= 0.3 is 0 Å². The molecule has 0 unspecified atom stereocenters. The number of thioether (sulfide) groups is 1. The SMILES string of the molecule is Cc1ccc(-n2cnnc2SCc2nnc(-c3ccc(Br)cc3)o2)c(C)c1. The highest BCUT2D eigenvalue weighted by Gasteiger charge is 2.13. The second-order valence-electron chi connectivity index (χ2n) is 6.07. The molecule has 0 saturated carbocycles. The lowest BCUT2D eigenvalue weighted by molar-refractivity contribution is 0.528. The lowest BCUT2D eigenvalue weighted by Crippen LogP contribution is -1.98. The van der Waals surface area contributed by atoms with Crippen molar-refractivity contribution in [1.82, 2.24) is 25.0 Å². The Kier molecular flexibility index (Phi) is 5.09. The van der Waals surface area contributed by atoms with Gasteiger partial charge in [-0.1, -0.05) is 45.4 Å². The monoisotopic (exact) mass is 441 g/mol. The molecule has 0 atom stereocenters. The van der Waals surface area contributed by atoms with Gasteiger partial charge in [0.2, 0.25) is 11.8 Å². The fourth-order valence-electron chi connectivity index (χ4n) is 2.71. The standard InChI is InChI=1S/C19H16BrN5OS/c1-12-3-8-16(13(2)9-12)25-11-21-24-19(25)27-10-17-22-23-18(26-17)14-4-6-15(20)7-5-14/h3-9,11H,10H2,1-2H3. The fourth-order valence-corrected chi connectivity index (χ4v) is 3.73. The van der Waals surface area contributed by atoms with Crippen molar-refractivity contribution >= 4 is 27.7 Å². The zero-order valence-corrected chi connectivity index (χ0v) is 17.2. The summed E-state index contributed by atoms with van der Waals surface area (Å²) in [6.45, 7) is 4.16. The van der Waals surface area contributed by atoms with Crippen molar-refractivity contribution in [3.63, 3.8) is 0 Å². The highest BCUT2D eigenvalue weighted by Crippen LogP contribution is 2.26. The van der Waals surface area contributed by atoms with Gasteiger partial charge in [-0.3, -0.25) is 4.57 Å². The van der Waals surface area contributed by atoms with Gasteiger partial charge in [-0.15, -0.1) is 20.4 Å². The number of nitrogens with zero attached hydrogens (tertiary/aromatic N) is 5. The van der Waals surface area contributed by atoms with E-state index in [0.717, 1.165) is 20.9 Å². The maximum Gasteiger partial charge on any atom is 0.247 e. The maximum atomic E-state index is 5.78. The summed E-state index contributed by atoms with van der Waals surface area (Å²) in [5, 5.41) is 17.3. The lowest BCUT2D eigenvalue weighted by atomic mass is 10.1. The van der Waals surface area contributed by atoms with Crippen LogP contribution in [0.1, 0.15) is 17.0 Å². The van der Waals surface area contributed by atoms with Gasteiger partial charge in [0, 0.05) is 10.0 Å². The maximum absolute atomic E-state index is 5.78. The average molecular weight is 442 g/mol. The van der Waals surface area contributed by atoms with Crippen molar-refractivity contribution in [3.8, 4) is 17.1 Å². The van der Waals surface area contributed by atoms with Crippen molar-refractivity contribution < 1.29 is 4.42 Å². The van der Waals surface area contributed by atoms with E-state index in [4.69, 9.17) is 4.42 Å². The van der Waals surface area contributed by atoms with Gasteiger partial charge in [-0.2, -0.15) is 0 Å². The molecule has 0 spiro atoms. The number of hydrogen-bond donors (Lipinski definition) is 0. The second-order valence-corrected chi connectivity index (χ2v) is 7.93. The minimum atomic E-state index is 0.508. The summed E-state index contributed by atoms with van der Waals surface area (Å²) in [4.78, 5) is 0. The Morgan fingerprint density at radius 2 is 1.85 bits per heavy atom. The highest BCUT2D eigenvalue weighted by molar-refractivity contribution is 9.10. The van der Waals surface area contributed by atoms with Crippen LogP contribution >= 0.6 is 27.7 Å². The molecule has 2 aromatic heterocycles. The third kappa shape index (κ3) is 3.96. The van der Waals surface area contributed by atoms with Crippen LogP contribution < -0.4 is 0 Å². The van der Waals surface area contributed by atoms with Crippen LogP contribution in [0.5, 0.6) is 0 Å². The Balaban J connectivity index is 1.50. The van der Waals surface area contributed by atoms with Gasteiger partial charge in [0.1, 0.15) is 6.33 Å². The normalized spacial score (nSPS) is 11.1. The number of aryl methyl sites for hydroxylation is 2. The molecule has 0 saturated heterocycles. The van der Waals surface area contributed by atoms with Gasteiger partial charge in [0.05, 0.1) is 11.4 Å². The van der Waals surface area contributed by atoms with E-state index >= 15 is 0 Å². The first-order chi connectivity index (χ1) is 13.1. The zero-order chi connectivity index (χ0) is 18.8. The number of rotatable bonds is 5. The van der Waals surface area contributed by atoms with Crippen LogP contribution in [0.15, 0.2) is 62.8 Å². The molecule has 0 N–H and O–H groups in total. The highest BCUT2D eigenvalue weighted by atomic mass is 79.9. The van der Waals surface area contributed by atoms with Gasteiger partial charge in [0.15, 0.2) is 5.16 Å². The fraction of sp³-hybridized carbons (Fsp3) is 0.158. The van der Waals surface area contributed by atoms with Crippen molar-refractivity contribution in [1.29, 1.82) is 0 Å². The largest absolute Gasteiger partial charge is 0.420 e. The van der Waals surface area contributed by atoms with Crippen LogP contribution in [0.4, 0.5) is 0 Å². The lowest BCUT2D eigenvalue weighted by Gasteiger charge is -2.09. The van der Waals surface area contributed by atoms with Crippen LogP contribution in [-0.2, 0) is 5.75 Å². The minimum absolute atomic E-state index is 0.508. The molecule has 27 heavy (non-hydrogen) atoms. The summed E-state index contributed by atoms with van der Waals surface area (Å²) >= 11 is 4.93. The summed E-state index contributed by atoms with van der Waals surface area (Å²) in [5.74, 6) is 1.58. The van der Waals surface area contributed by atoms with Crippen molar-refractivity contribution in [2.24, 2.45) is 0 Å². The molecule has 136 valence electrons. The molecule has 4 aromatic rings. The molecule has 0 aliphatic heterocycles. The Hall–Kier alpha value is -2.45. The quantitative estimate of drug-likeness (QED) is 0.406. The Bertz CT molecular complexity index is 1070. The predicted molar refractivity (Wildman–Crippen MR) is 108 cm³/mol. The summed E-state index contributed by atoms with van der Waals surface area (Å²) in [7, 11) is 0. The zero-order valence-electron chi connectivity index (χ0n) is 14.8. The van der Waals surface area contributed by atoms with E-state index in [1.54, 1.807) is 6.33 Å². The molecule has 6 nitrogen and oxygen atoms in total. The average Bonchev–Trinajstić information content (AvgIpc) is 3.30. The second kappa shape index (κ2) is 7.66. The van der Waals surface area contributed by atoms with E-state index in [0.29, 0.717) is 17.5 Å². The molecule has 4 rings (SSSR count). The number of halogens is 1. The van der Waals surface area contributed by atoms with E-state index in [-0.39, 0.29) is 0 Å². The van der Waals surface area contributed by atoms with Gasteiger partial charge < -0.3 is 4.42 Å². The number of benzene rings is 2. The molecule has 2 heterocycles. The topological polar surface area (TPSA) is 69.6 Å². The first-order valence-electron chi connectivity index (χ1n) is 8.29. The Morgan fingerprint density at radius 3 is 2.63 bits per heavy atom. The number of hydrogen-bond acceptors (Lipinski definition) is 6. The Morgan fingerprint density at radius 1 is 1.04 bits per heavy atom. The van der Waals surface area contributed by atoms with E-state index in [1.165, 1.54) is 22.9 Å². The molecule has 0 aliphatic rings. The molecule has 0 amide bonds.